The third-order valence-electron chi connectivity index (χ3n) is 2.66. The van der Waals surface area contributed by atoms with Crippen molar-refractivity contribution in [2.45, 2.75) is 19.8 Å². The van der Waals surface area contributed by atoms with Crippen molar-refractivity contribution in [2.24, 2.45) is 0 Å². The standard InChI is InChI=1S/C13H18ClF2N3O2/c1-2-3-17-12-6-9(10(14)7-18-12)13(21)19(4-5-20)8-11(15)16/h6-7,11,20H,2-5,8H2,1H3,(H,17,18). The number of amides is 1. The number of alkyl halides is 2. The molecule has 0 aliphatic heterocycles. The Balaban J connectivity index is 2.96. The van der Waals surface area contributed by atoms with E-state index in [4.69, 9.17) is 16.7 Å². The molecule has 21 heavy (non-hydrogen) atoms. The van der Waals surface area contributed by atoms with Crippen LogP contribution in [0.2, 0.25) is 5.02 Å². The highest BCUT2D eigenvalue weighted by atomic mass is 35.5. The van der Waals surface area contributed by atoms with E-state index in [1.165, 1.54) is 12.3 Å². The Morgan fingerprint density at radius 2 is 2.29 bits per heavy atom. The van der Waals surface area contributed by atoms with Crippen molar-refractivity contribution in [2.75, 3.05) is 31.6 Å². The summed E-state index contributed by atoms with van der Waals surface area (Å²) < 4.78 is 25.0. The van der Waals surface area contributed by atoms with Crippen LogP contribution in [0.5, 0.6) is 0 Å². The lowest BCUT2D eigenvalue weighted by atomic mass is 10.2. The molecule has 5 nitrogen and oxygen atoms in total. The van der Waals surface area contributed by atoms with Crippen molar-refractivity contribution in [1.82, 2.24) is 9.88 Å². The normalized spacial score (nSPS) is 10.8. The predicted octanol–water partition coefficient (Wildman–Crippen LogP) is 2.26. The molecule has 0 atom stereocenters. The number of halogens is 3. The van der Waals surface area contributed by atoms with Crippen molar-refractivity contribution in [3.63, 3.8) is 0 Å². The zero-order valence-electron chi connectivity index (χ0n) is 11.7. The van der Waals surface area contributed by atoms with Gasteiger partial charge in [0, 0.05) is 19.3 Å². The summed E-state index contributed by atoms with van der Waals surface area (Å²) in [5, 5.41) is 12.0. The summed E-state index contributed by atoms with van der Waals surface area (Å²) in [4.78, 5) is 17.1. The van der Waals surface area contributed by atoms with Crippen molar-refractivity contribution < 1.29 is 18.7 Å². The van der Waals surface area contributed by atoms with E-state index in [9.17, 15) is 13.6 Å². The summed E-state index contributed by atoms with van der Waals surface area (Å²) in [5.41, 5.74) is 0.0827. The van der Waals surface area contributed by atoms with E-state index in [-0.39, 0.29) is 17.1 Å². The summed E-state index contributed by atoms with van der Waals surface area (Å²) in [6.07, 6.45) is -0.513. The maximum absolute atomic E-state index is 12.5. The second-order valence-corrected chi connectivity index (χ2v) is 4.75. The average Bonchev–Trinajstić information content (AvgIpc) is 2.45. The summed E-state index contributed by atoms with van der Waals surface area (Å²) in [6, 6.07) is 1.43. The number of hydrogen-bond acceptors (Lipinski definition) is 4. The maximum atomic E-state index is 12.5. The number of anilines is 1. The molecule has 0 aliphatic rings. The highest BCUT2D eigenvalue weighted by molar-refractivity contribution is 6.33. The highest BCUT2D eigenvalue weighted by Crippen LogP contribution is 2.20. The van der Waals surface area contributed by atoms with Crippen LogP contribution in [0.4, 0.5) is 14.6 Å². The molecule has 0 aromatic carbocycles. The van der Waals surface area contributed by atoms with E-state index in [0.717, 1.165) is 11.3 Å². The Morgan fingerprint density at radius 3 is 2.86 bits per heavy atom. The molecule has 0 saturated heterocycles. The van der Waals surface area contributed by atoms with Crippen LogP contribution in [0.3, 0.4) is 0 Å². The Morgan fingerprint density at radius 1 is 1.57 bits per heavy atom. The van der Waals surface area contributed by atoms with E-state index in [0.29, 0.717) is 12.4 Å². The number of pyridine rings is 1. The molecule has 1 rings (SSSR count). The van der Waals surface area contributed by atoms with Gasteiger partial charge in [-0.2, -0.15) is 0 Å². The van der Waals surface area contributed by atoms with Crippen LogP contribution in [0.1, 0.15) is 23.7 Å². The van der Waals surface area contributed by atoms with Gasteiger partial charge in [-0.05, 0) is 12.5 Å². The molecule has 1 aromatic rings. The van der Waals surface area contributed by atoms with Gasteiger partial charge in [-0.3, -0.25) is 4.79 Å². The fourth-order valence-electron chi connectivity index (χ4n) is 1.69. The Labute approximate surface area is 126 Å². The monoisotopic (exact) mass is 321 g/mol. The number of rotatable bonds is 8. The summed E-state index contributed by atoms with van der Waals surface area (Å²) in [5.74, 6) is -0.207. The van der Waals surface area contributed by atoms with Gasteiger partial charge in [0.05, 0.1) is 23.7 Å². The lowest BCUT2D eigenvalue weighted by Gasteiger charge is -2.22. The minimum Gasteiger partial charge on any atom is -0.395 e. The largest absolute Gasteiger partial charge is 0.395 e. The van der Waals surface area contributed by atoms with Gasteiger partial charge in [-0.1, -0.05) is 18.5 Å². The van der Waals surface area contributed by atoms with E-state index in [1.54, 1.807) is 0 Å². The minimum atomic E-state index is -2.68. The molecule has 0 aliphatic carbocycles. The second kappa shape index (κ2) is 8.74. The molecule has 0 bridgehead atoms. The van der Waals surface area contributed by atoms with Gasteiger partial charge < -0.3 is 15.3 Å². The van der Waals surface area contributed by atoms with E-state index in [2.05, 4.69) is 10.3 Å². The van der Waals surface area contributed by atoms with Gasteiger partial charge in [-0.25, -0.2) is 13.8 Å². The molecular formula is C13H18ClF2N3O2. The topological polar surface area (TPSA) is 65.5 Å². The fraction of sp³-hybridized carbons (Fsp3) is 0.538. The maximum Gasteiger partial charge on any atom is 0.255 e. The molecule has 0 fully saturated rings. The number of nitrogens with one attached hydrogen (secondary N) is 1. The number of hydrogen-bond donors (Lipinski definition) is 2. The predicted molar refractivity (Wildman–Crippen MR) is 77.0 cm³/mol. The third kappa shape index (κ3) is 5.43. The summed E-state index contributed by atoms with van der Waals surface area (Å²) in [6.45, 7) is 1.30. The minimum absolute atomic E-state index is 0.0826. The molecule has 2 N–H and O–H groups in total. The molecule has 0 spiro atoms. The summed E-state index contributed by atoms with van der Waals surface area (Å²) >= 11 is 5.92. The van der Waals surface area contributed by atoms with Gasteiger partial charge >= 0.3 is 0 Å². The smallest absolute Gasteiger partial charge is 0.255 e. The Hall–Kier alpha value is -1.47. The summed E-state index contributed by atoms with van der Waals surface area (Å²) in [7, 11) is 0. The highest BCUT2D eigenvalue weighted by Gasteiger charge is 2.22. The second-order valence-electron chi connectivity index (χ2n) is 4.34. The lowest BCUT2D eigenvalue weighted by molar-refractivity contribution is 0.0509. The molecule has 0 unspecified atom stereocenters. The molecular weight excluding hydrogens is 304 g/mol. The average molecular weight is 322 g/mol. The number of aliphatic hydroxyl groups is 1. The molecule has 1 aromatic heterocycles. The SMILES string of the molecule is CCCNc1cc(C(=O)N(CCO)CC(F)F)c(Cl)cn1. The van der Waals surface area contributed by atoms with Gasteiger partial charge in [0.1, 0.15) is 5.82 Å². The first kappa shape index (κ1) is 17.6. The van der Waals surface area contributed by atoms with E-state index >= 15 is 0 Å². The molecule has 0 radical (unpaired) electrons. The first-order valence-corrected chi connectivity index (χ1v) is 6.95. The number of aromatic nitrogens is 1. The van der Waals surface area contributed by atoms with E-state index in [1.807, 2.05) is 6.92 Å². The van der Waals surface area contributed by atoms with Gasteiger partial charge in [0.2, 0.25) is 0 Å². The number of carbonyl (C=O) groups is 1. The molecule has 1 heterocycles. The first-order valence-electron chi connectivity index (χ1n) is 6.57. The lowest BCUT2D eigenvalue weighted by Crippen LogP contribution is -2.37. The number of carbonyl (C=O) groups excluding carboxylic acids is 1. The van der Waals surface area contributed by atoms with E-state index < -0.39 is 25.5 Å². The Kier molecular flexibility index (Phi) is 7.31. The van der Waals surface area contributed by atoms with Crippen molar-refractivity contribution in [3.05, 3.63) is 22.8 Å². The van der Waals surface area contributed by atoms with Crippen LogP contribution in [0, 0.1) is 0 Å². The van der Waals surface area contributed by atoms with Gasteiger partial charge in [0.25, 0.3) is 12.3 Å². The third-order valence-corrected chi connectivity index (χ3v) is 2.96. The molecule has 0 saturated carbocycles. The van der Waals surface area contributed by atoms with Crippen LogP contribution < -0.4 is 5.32 Å². The zero-order chi connectivity index (χ0) is 15.8. The van der Waals surface area contributed by atoms with Crippen LogP contribution in [-0.4, -0.2) is 53.6 Å². The Bertz CT molecular complexity index is 475. The number of nitrogens with zero attached hydrogens (tertiary/aromatic N) is 2. The molecule has 118 valence electrons. The molecule has 8 heteroatoms. The van der Waals surface area contributed by atoms with Crippen LogP contribution in [0.25, 0.3) is 0 Å². The van der Waals surface area contributed by atoms with Crippen LogP contribution in [-0.2, 0) is 0 Å². The van der Waals surface area contributed by atoms with Crippen molar-refractivity contribution in [1.29, 1.82) is 0 Å². The first-order chi connectivity index (χ1) is 9.99. The zero-order valence-corrected chi connectivity index (χ0v) is 12.4. The van der Waals surface area contributed by atoms with Crippen molar-refractivity contribution >= 4 is 23.3 Å². The fourth-order valence-corrected chi connectivity index (χ4v) is 1.87. The number of aliphatic hydroxyl groups excluding tert-OH is 1. The van der Waals surface area contributed by atoms with Crippen LogP contribution >= 0.6 is 11.6 Å². The molecule has 1 amide bonds. The van der Waals surface area contributed by atoms with Crippen molar-refractivity contribution in [3.8, 4) is 0 Å². The van der Waals surface area contributed by atoms with Crippen LogP contribution in [0.15, 0.2) is 12.3 Å². The van der Waals surface area contributed by atoms with Gasteiger partial charge in [0.15, 0.2) is 0 Å². The quantitative estimate of drug-likeness (QED) is 0.771. The van der Waals surface area contributed by atoms with Gasteiger partial charge in [-0.15, -0.1) is 0 Å².